The lowest BCUT2D eigenvalue weighted by Gasteiger charge is -2.19. The molecule has 1 amide bonds. The van der Waals surface area contributed by atoms with E-state index >= 15 is 0 Å². The summed E-state index contributed by atoms with van der Waals surface area (Å²) in [5.74, 6) is -0.574. The third-order valence-electron chi connectivity index (χ3n) is 2.94. The number of halogens is 2. The Balaban J connectivity index is 2.18. The summed E-state index contributed by atoms with van der Waals surface area (Å²) >= 11 is 6.02. The van der Waals surface area contributed by atoms with Crippen molar-refractivity contribution in [3.05, 3.63) is 64.4 Å². The van der Waals surface area contributed by atoms with Crippen LogP contribution in [0, 0.1) is 5.82 Å². The van der Waals surface area contributed by atoms with E-state index in [4.69, 9.17) is 17.3 Å². The number of carbonyl (C=O) groups is 1. The first-order valence-corrected chi connectivity index (χ1v) is 6.40. The van der Waals surface area contributed by atoms with Gasteiger partial charge in [0.15, 0.2) is 0 Å². The Morgan fingerprint density at radius 3 is 2.50 bits per heavy atom. The number of hydrogen-bond acceptors (Lipinski definition) is 2. The molecule has 0 radical (unpaired) electrons. The van der Waals surface area contributed by atoms with Crippen LogP contribution >= 0.6 is 11.6 Å². The molecule has 0 spiro atoms. The van der Waals surface area contributed by atoms with Gasteiger partial charge in [-0.3, -0.25) is 4.79 Å². The SMILES string of the molecule is CN(Cc1ccc(F)cc1)C(=O)c1c(N)cccc1Cl. The van der Waals surface area contributed by atoms with E-state index in [9.17, 15) is 9.18 Å². The summed E-state index contributed by atoms with van der Waals surface area (Å²) in [7, 11) is 1.65. The maximum absolute atomic E-state index is 12.8. The minimum absolute atomic E-state index is 0.266. The molecule has 5 heteroatoms. The van der Waals surface area contributed by atoms with Gasteiger partial charge in [-0.1, -0.05) is 29.8 Å². The second-order valence-electron chi connectivity index (χ2n) is 4.49. The van der Waals surface area contributed by atoms with Gasteiger partial charge in [0.25, 0.3) is 5.91 Å². The largest absolute Gasteiger partial charge is 0.398 e. The van der Waals surface area contributed by atoms with E-state index in [1.165, 1.54) is 17.0 Å². The second kappa shape index (κ2) is 5.92. The van der Waals surface area contributed by atoms with Crippen LogP contribution in [-0.2, 0) is 6.54 Å². The standard InChI is InChI=1S/C15H14ClFN2O/c1-19(9-10-5-7-11(17)8-6-10)15(20)14-12(16)3-2-4-13(14)18/h2-8H,9,18H2,1H3. The van der Waals surface area contributed by atoms with Gasteiger partial charge in [-0.25, -0.2) is 4.39 Å². The molecule has 0 aliphatic rings. The predicted octanol–water partition coefficient (Wildman–Crippen LogP) is 3.33. The van der Waals surface area contributed by atoms with Crippen molar-refractivity contribution in [3.8, 4) is 0 Å². The Bertz CT molecular complexity index is 608. The third kappa shape index (κ3) is 3.08. The van der Waals surface area contributed by atoms with Gasteiger partial charge in [0.2, 0.25) is 0 Å². The summed E-state index contributed by atoms with van der Waals surface area (Å²) in [6.07, 6.45) is 0. The molecule has 3 nitrogen and oxygen atoms in total. The summed E-state index contributed by atoms with van der Waals surface area (Å²) in [5.41, 5.74) is 7.25. The third-order valence-corrected chi connectivity index (χ3v) is 3.25. The smallest absolute Gasteiger partial charge is 0.257 e. The molecule has 0 bridgehead atoms. The molecule has 0 heterocycles. The predicted molar refractivity (Wildman–Crippen MR) is 78.1 cm³/mol. The molecule has 0 fully saturated rings. The highest BCUT2D eigenvalue weighted by atomic mass is 35.5. The number of nitrogens with zero attached hydrogens (tertiary/aromatic N) is 1. The number of hydrogen-bond donors (Lipinski definition) is 1. The molecule has 2 N–H and O–H groups in total. The highest BCUT2D eigenvalue weighted by Gasteiger charge is 2.18. The highest BCUT2D eigenvalue weighted by molar-refractivity contribution is 6.34. The first-order chi connectivity index (χ1) is 9.49. The van der Waals surface area contributed by atoms with Crippen LogP contribution in [0.2, 0.25) is 5.02 Å². The first-order valence-electron chi connectivity index (χ1n) is 6.03. The van der Waals surface area contributed by atoms with Crippen LogP contribution in [0.3, 0.4) is 0 Å². The monoisotopic (exact) mass is 292 g/mol. The van der Waals surface area contributed by atoms with Gasteiger partial charge >= 0.3 is 0 Å². The maximum Gasteiger partial charge on any atom is 0.257 e. The Morgan fingerprint density at radius 2 is 1.90 bits per heavy atom. The van der Waals surface area contributed by atoms with Crippen LogP contribution in [-0.4, -0.2) is 17.9 Å². The summed E-state index contributed by atoms with van der Waals surface area (Å²) in [5, 5.41) is 0.320. The van der Waals surface area contributed by atoms with Gasteiger partial charge in [0.05, 0.1) is 10.6 Å². The molecule has 20 heavy (non-hydrogen) atoms. The van der Waals surface area contributed by atoms with Gasteiger partial charge in [-0.05, 0) is 29.8 Å². The fourth-order valence-corrected chi connectivity index (χ4v) is 2.16. The van der Waals surface area contributed by atoms with Crippen molar-refractivity contribution in [2.24, 2.45) is 0 Å². The van der Waals surface area contributed by atoms with Gasteiger partial charge in [0.1, 0.15) is 5.82 Å². The number of amides is 1. The van der Waals surface area contributed by atoms with Crippen molar-refractivity contribution in [2.75, 3.05) is 12.8 Å². The van der Waals surface area contributed by atoms with Crippen molar-refractivity contribution < 1.29 is 9.18 Å². The highest BCUT2D eigenvalue weighted by Crippen LogP contribution is 2.23. The zero-order valence-corrected chi connectivity index (χ0v) is 11.7. The van der Waals surface area contributed by atoms with Crippen LogP contribution < -0.4 is 5.73 Å². The van der Waals surface area contributed by atoms with Gasteiger partial charge in [0, 0.05) is 19.3 Å². The van der Waals surface area contributed by atoms with Gasteiger partial charge in [-0.2, -0.15) is 0 Å². The number of nitrogens with two attached hydrogens (primary N) is 1. The molecular formula is C15H14ClFN2O. The van der Waals surface area contributed by atoms with E-state index in [0.29, 0.717) is 22.8 Å². The van der Waals surface area contributed by atoms with Crippen molar-refractivity contribution in [1.29, 1.82) is 0 Å². The number of rotatable bonds is 3. The number of benzene rings is 2. The molecule has 104 valence electrons. The summed E-state index contributed by atoms with van der Waals surface area (Å²) in [6, 6.07) is 10.9. The average molecular weight is 293 g/mol. The van der Waals surface area contributed by atoms with Crippen LogP contribution in [0.5, 0.6) is 0 Å². The topological polar surface area (TPSA) is 46.3 Å². The zero-order valence-electron chi connectivity index (χ0n) is 10.9. The maximum atomic E-state index is 12.8. The lowest BCUT2D eigenvalue weighted by molar-refractivity contribution is 0.0786. The molecule has 0 aliphatic carbocycles. The van der Waals surface area contributed by atoms with Crippen molar-refractivity contribution >= 4 is 23.2 Å². The van der Waals surface area contributed by atoms with E-state index in [0.717, 1.165) is 5.56 Å². The molecule has 0 aliphatic heterocycles. The molecule has 0 unspecified atom stereocenters. The molecule has 2 aromatic rings. The van der Waals surface area contributed by atoms with Gasteiger partial charge < -0.3 is 10.6 Å². The fraction of sp³-hybridized carbons (Fsp3) is 0.133. The Hall–Kier alpha value is -2.07. The van der Waals surface area contributed by atoms with E-state index < -0.39 is 0 Å². The van der Waals surface area contributed by atoms with Crippen LogP contribution in [0.25, 0.3) is 0 Å². The Kier molecular flexibility index (Phi) is 4.25. The first kappa shape index (κ1) is 14.3. The zero-order chi connectivity index (χ0) is 14.7. The van der Waals surface area contributed by atoms with E-state index in [2.05, 4.69) is 0 Å². The fourth-order valence-electron chi connectivity index (χ4n) is 1.89. The van der Waals surface area contributed by atoms with Crippen LogP contribution in [0.1, 0.15) is 15.9 Å². The van der Waals surface area contributed by atoms with Gasteiger partial charge in [-0.15, -0.1) is 0 Å². The molecule has 2 aromatic carbocycles. The van der Waals surface area contributed by atoms with Crippen LogP contribution in [0.4, 0.5) is 10.1 Å². The molecule has 0 atom stereocenters. The van der Waals surface area contributed by atoms with Crippen LogP contribution in [0.15, 0.2) is 42.5 Å². The van der Waals surface area contributed by atoms with Crippen molar-refractivity contribution in [1.82, 2.24) is 4.90 Å². The quantitative estimate of drug-likeness (QED) is 0.882. The number of anilines is 1. The summed E-state index contributed by atoms with van der Waals surface area (Å²) in [6.45, 7) is 0.351. The number of nitrogen functional groups attached to an aromatic ring is 1. The minimum atomic E-state index is -0.307. The second-order valence-corrected chi connectivity index (χ2v) is 4.90. The normalized spacial score (nSPS) is 10.3. The van der Waals surface area contributed by atoms with E-state index in [-0.39, 0.29) is 11.7 Å². The Labute approximate surface area is 121 Å². The molecule has 0 aromatic heterocycles. The van der Waals surface area contributed by atoms with E-state index in [1.54, 1.807) is 37.4 Å². The van der Waals surface area contributed by atoms with E-state index in [1.807, 2.05) is 0 Å². The van der Waals surface area contributed by atoms with Crippen molar-refractivity contribution in [3.63, 3.8) is 0 Å². The summed E-state index contributed by atoms with van der Waals surface area (Å²) in [4.78, 5) is 13.8. The summed E-state index contributed by atoms with van der Waals surface area (Å²) < 4.78 is 12.8. The number of carbonyl (C=O) groups excluding carboxylic acids is 1. The Morgan fingerprint density at radius 1 is 1.25 bits per heavy atom. The van der Waals surface area contributed by atoms with Crippen molar-refractivity contribution in [2.45, 2.75) is 6.54 Å². The molecular weight excluding hydrogens is 279 g/mol. The molecule has 2 rings (SSSR count). The molecule has 0 saturated carbocycles. The minimum Gasteiger partial charge on any atom is -0.398 e. The lowest BCUT2D eigenvalue weighted by atomic mass is 10.1. The average Bonchev–Trinajstić information content (AvgIpc) is 2.41. The molecule has 0 saturated heterocycles. The lowest BCUT2D eigenvalue weighted by Crippen LogP contribution is -2.27.